The summed E-state index contributed by atoms with van der Waals surface area (Å²) >= 11 is 0. The van der Waals surface area contributed by atoms with E-state index in [0.29, 0.717) is 5.56 Å². The summed E-state index contributed by atoms with van der Waals surface area (Å²) in [4.78, 5) is 63.5. The highest BCUT2D eigenvalue weighted by atomic mass is 16.4. The molecule has 1 aromatic rings. The molecule has 0 saturated carbocycles. The first kappa shape index (κ1) is 29.6. The number of aliphatic imine (C=N–C) groups is 1. The molecule has 0 aromatic heterocycles. The number of amides is 4. The number of benzene rings is 1. The molecule has 15 heteroatoms. The molecular formula is C21H32N8O7. The van der Waals surface area contributed by atoms with Crippen molar-refractivity contribution in [3.63, 3.8) is 0 Å². The van der Waals surface area contributed by atoms with Crippen LogP contribution < -0.4 is 38.9 Å². The van der Waals surface area contributed by atoms with Crippen LogP contribution in [0.2, 0.25) is 0 Å². The predicted octanol–water partition coefficient (Wildman–Crippen LogP) is -3.64. The zero-order valence-corrected chi connectivity index (χ0v) is 19.5. The van der Waals surface area contributed by atoms with Gasteiger partial charge in [-0.05, 0) is 30.5 Å². The highest BCUT2D eigenvalue weighted by Crippen LogP contribution is 2.12. The van der Waals surface area contributed by atoms with Gasteiger partial charge in [0.1, 0.15) is 17.8 Å². The van der Waals surface area contributed by atoms with Crippen LogP contribution in [0.15, 0.2) is 29.3 Å². The Morgan fingerprint density at radius 2 is 1.58 bits per heavy atom. The lowest BCUT2D eigenvalue weighted by Crippen LogP contribution is -2.54. The van der Waals surface area contributed by atoms with E-state index in [1.165, 1.54) is 24.3 Å². The van der Waals surface area contributed by atoms with Gasteiger partial charge in [-0.15, -0.1) is 0 Å². The van der Waals surface area contributed by atoms with Crippen LogP contribution in [0.25, 0.3) is 0 Å². The third-order valence-electron chi connectivity index (χ3n) is 4.77. The van der Waals surface area contributed by atoms with Crippen LogP contribution in [0.1, 0.15) is 24.8 Å². The van der Waals surface area contributed by atoms with Crippen molar-refractivity contribution < 1.29 is 34.2 Å². The van der Waals surface area contributed by atoms with Crippen LogP contribution in [0.4, 0.5) is 0 Å². The van der Waals surface area contributed by atoms with E-state index in [-0.39, 0.29) is 37.5 Å². The lowest BCUT2D eigenvalue weighted by Gasteiger charge is -2.22. The molecule has 3 unspecified atom stereocenters. The summed E-state index contributed by atoms with van der Waals surface area (Å²) in [6, 6.07) is 2.07. The van der Waals surface area contributed by atoms with Crippen LogP contribution >= 0.6 is 0 Å². The largest absolute Gasteiger partial charge is 0.508 e. The smallest absolute Gasteiger partial charge is 0.326 e. The summed E-state index contributed by atoms with van der Waals surface area (Å²) in [5, 5.41) is 26.0. The number of phenolic OH excluding ortho intramolecular Hbond substituents is 1. The Balaban J connectivity index is 2.87. The maximum Gasteiger partial charge on any atom is 0.326 e. The Hall–Kier alpha value is -4.40. The fourth-order valence-corrected chi connectivity index (χ4v) is 2.96. The van der Waals surface area contributed by atoms with Crippen molar-refractivity contribution in [2.24, 2.45) is 27.9 Å². The van der Waals surface area contributed by atoms with E-state index in [2.05, 4.69) is 20.9 Å². The molecule has 0 radical (unpaired) electrons. The number of carbonyl (C=O) groups excluding carboxylic acids is 4. The molecule has 0 fully saturated rings. The van der Waals surface area contributed by atoms with Gasteiger partial charge in [0, 0.05) is 13.0 Å². The zero-order chi connectivity index (χ0) is 27.3. The number of carboxylic acids is 1. The summed E-state index contributed by atoms with van der Waals surface area (Å²) in [7, 11) is 0. The standard InChI is InChI=1S/C21H32N8O7/c22-13(9-16(23)31)18(33)27-10-17(32)28-15(8-11-3-5-12(30)6-4-11)19(34)29-14(20(35)36)2-1-7-26-21(24)25/h3-6,13-15,30H,1-2,7-10,22H2,(H2,23,31)(H,27,33)(H,28,32)(H,29,34)(H,35,36)(H4,24,25,26). The summed E-state index contributed by atoms with van der Waals surface area (Å²) in [5.41, 5.74) is 21.5. The number of nitrogens with zero attached hydrogens (tertiary/aromatic N) is 1. The van der Waals surface area contributed by atoms with Crippen LogP contribution in [0, 0.1) is 0 Å². The van der Waals surface area contributed by atoms with Crippen LogP contribution in [0.3, 0.4) is 0 Å². The molecular weight excluding hydrogens is 476 g/mol. The molecule has 0 spiro atoms. The number of rotatable bonds is 15. The second-order valence-corrected chi connectivity index (χ2v) is 7.83. The number of phenols is 1. The number of guanidine groups is 1. The van der Waals surface area contributed by atoms with Gasteiger partial charge in [0.2, 0.25) is 23.6 Å². The molecule has 13 N–H and O–H groups in total. The van der Waals surface area contributed by atoms with Gasteiger partial charge in [-0.25, -0.2) is 4.79 Å². The number of carboxylic acid groups (broad SMARTS) is 1. The summed E-state index contributed by atoms with van der Waals surface area (Å²) < 4.78 is 0. The normalized spacial score (nSPS) is 12.9. The number of primary amides is 1. The molecule has 3 atom stereocenters. The van der Waals surface area contributed by atoms with Gasteiger partial charge in [0.25, 0.3) is 0 Å². The first-order valence-electron chi connectivity index (χ1n) is 10.9. The monoisotopic (exact) mass is 508 g/mol. The molecule has 1 rings (SSSR count). The molecule has 15 nitrogen and oxygen atoms in total. The minimum atomic E-state index is -1.29. The fourth-order valence-electron chi connectivity index (χ4n) is 2.96. The van der Waals surface area contributed by atoms with Gasteiger partial charge in [-0.2, -0.15) is 0 Å². The lowest BCUT2D eigenvalue weighted by atomic mass is 10.0. The van der Waals surface area contributed by atoms with Crippen molar-refractivity contribution in [1.29, 1.82) is 0 Å². The van der Waals surface area contributed by atoms with E-state index in [4.69, 9.17) is 22.9 Å². The van der Waals surface area contributed by atoms with Crippen molar-refractivity contribution in [2.75, 3.05) is 13.1 Å². The minimum Gasteiger partial charge on any atom is -0.508 e. The maximum atomic E-state index is 12.9. The van der Waals surface area contributed by atoms with Gasteiger partial charge >= 0.3 is 5.97 Å². The molecule has 36 heavy (non-hydrogen) atoms. The van der Waals surface area contributed by atoms with Crippen LogP contribution in [0.5, 0.6) is 5.75 Å². The third kappa shape index (κ3) is 11.6. The topological polar surface area (TPSA) is 278 Å². The quantitative estimate of drug-likeness (QED) is 0.0636. The SMILES string of the molecule is NC(=O)CC(N)C(=O)NCC(=O)NC(Cc1ccc(O)cc1)C(=O)NC(CCCN=C(N)N)C(=O)O. The van der Waals surface area contributed by atoms with Gasteiger partial charge in [-0.3, -0.25) is 24.2 Å². The summed E-state index contributed by atoms with van der Waals surface area (Å²) in [5.74, 6) is -4.60. The Kier molecular flexibility index (Phi) is 12.2. The number of carbonyl (C=O) groups is 5. The molecule has 0 heterocycles. The van der Waals surface area contributed by atoms with Crippen molar-refractivity contribution >= 4 is 35.6 Å². The Morgan fingerprint density at radius 1 is 0.944 bits per heavy atom. The molecule has 198 valence electrons. The van der Waals surface area contributed by atoms with E-state index in [1.807, 2.05) is 0 Å². The van der Waals surface area contributed by atoms with E-state index < -0.39 is 60.7 Å². The summed E-state index contributed by atoms with van der Waals surface area (Å²) in [6.07, 6.45) is -0.181. The van der Waals surface area contributed by atoms with E-state index in [0.717, 1.165) is 0 Å². The highest BCUT2D eigenvalue weighted by Gasteiger charge is 2.27. The minimum absolute atomic E-state index is 0.00878. The zero-order valence-electron chi connectivity index (χ0n) is 19.5. The summed E-state index contributed by atoms with van der Waals surface area (Å²) in [6.45, 7) is -0.404. The van der Waals surface area contributed by atoms with E-state index >= 15 is 0 Å². The Morgan fingerprint density at radius 3 is 2.14 bits per heavy atom. The number of aromatic hydroxyl groups is 1. The molecule has 0 bridgehead atoms. The first-order valence-corrected chi connectivity index (χ1v) is 10.9. The van der Waals surface area contributed by atoms with Crippen molar-refractivity contribution in [3.05, 3.63) is 29.8 Å². The number of hydrogen-bond acceptors (Lipinski definition) is 8. The fraction of sp³-hybridized carbons (Fsp3) is 0.429. The van der Waals surface area contributed by atoms with E-state index in [9.17, 15) is 34.2 Å². The number of hydrogen-bond donors (Lipinski definition) is 9. The molecule has 0 aliphatic rings. The molecule has 4 amide bonds. The number of nitrogens with one attached hydrogen (secondary N) is 3. The van der Waals surface area contributed by atoms with Gasteiger partial charge < -0.3 is 49.1 Å². The lowest BCUT2D eigenvalue weighted by molar-refractivity contribution is -0.142. The highest BCUT2D eigenvalue weighted by molar-refractivity contribution is 5.93. The van der Waals surface area contributed by atoms with Crippen molar-refractivity contribution in [3.8, 4) is 5.75 Å². The van der Waals surface area contributed by atoms with Gasteiger partial charge in [0.05, 0.1) is 19.0 Å². The second kappa shape index (κ2) is 14.8. The molecule has 0 aliphatic heterocycles. The third-order valence-corrected chi connectivity index (χ3v) is 4.77. The Bertz CT molecular complexity index is 964. The Labute approximate surface area is 206 Å². The number of nitrogens with two attached hydrogens (primary N) is 4. The molecule has 0 saturated heterocycles. The molecule has 0 aliphatic carbocycles. The van der Waals surface area contributed by atoms with Gasteiger partial charge in [-0.1, -0.05) is 12.1 Å². The second-order valence-electron chi connectivity index (χ2n) is 7.83. The first-order chi connectivity index (χ1) is 16.9. The van der Waals surface area contributed by atoms with Gasteiger partial charge in [0.15, 0.2) is 5.96 Å². The average molecular weight is 509 g/mol. The van der Waals surface area contributed by atoms with Crippen LogP contribution in [-0.4, -0.2) is 77.0 Å². The van der Waals surface area contributed by atoms with Crippen LogP contribution in [-0.2, 0) is 30.4 Å². The number of aliphatic carboxylic acids is 1. The predicted molar refractivity (Wildman–Crippen MR) is 128 cm³/mol. The van der Waals surface area contributed by atoms with Crippen molar-refractivity contribution in [2.45, 2.75) is 43.8 Å². The maximum absolute atomic E-state index is 12.9. The molecule has 1 aromatic carbocycles. The average Bonchev–Trinajstić information content (AvgIpc) is 2.79. The van der Waals surface area contributed by atoms with Crippen molar-refractivity contribution in [1.82, 2.24) is 16.0 Å². The van der Waals surface area contributed by atoms with E-state index in [1.54, 1.807) is 0 Å².